The van der Waals surface area contributed by atoms with Crippen molar-refractivity contribution in [2.75, 3.05) is 0 Å². The average molecular weight is 442 g/mol. The number of carbonyl (C=O) groups excluding carboxylic acids is 1. The van der Waals surface area contributed by atoms with Gasteiger partial charge in [-0.05, 0) is 72.3 Å². The summed E-state index contributed by atoms with van der Waals surface area (Å²) in [5.74, 6) is -0.404. The van der Waals surface area contributed by atoms with Crippen molar-refractivity contribution in [1.29, 1.82) is 0 Å². The maximum absolute atomic E-state index is 12.0. The first kappa shape index (κ1) is 23.6. The van der Waals surface area contributed by atoms with E-state index in [4.69, 9.17) is 9.47 Å². The van der Waals surface area contributed by atoms with Crippen LogP contribution < -0.4 is 4.74 Å². The summed E-state index contributed by atoms with van der Waals surface area (Å²) in [6.07, 6.45) is 5.69. The van der Waals surface area contributed by atoms with E-state index in [0.717, 1.165) is 25.7 Å². The second kappa shape index (κ2) is 9.63. The number of carboxylic acids is 1. The molecule has 0 atom stereocenters. The van der Waals surface area contributed by atoms with E-state index in [1.54, 1.807) is 26.1 Å². The molecule has 0 spiro atoms. The molecule has 1 aliphatic rings. The largest absolute Gasteiger partial charge is 0.476 e. The molecule has 1 N–H and O–H groups in total. The Morgan fingerprint density at radius 3 is 2.31 bits per heavy atom. The molecule has 8 nitrogen and oxygen atoms in total. The Kier molecular flexibility index (Phi) is 7.11. The molecule has 172 valence electrons. The zero-order valence-corrected chi connectivity index (χ0v) is 19.3. The molecule has 2 aromatic rings. The van der Waals surface area contributed by atoms with E-state index < -0.39 is 11.6 Å². The molecule has 0 aromatic carbocycles. The summed E-state index contributed by atoms with van der Waals surface area (Å²) in [6, 6.07) is 3.58. The quantitative estimate of drug-likeness (QED) is 0.651. The number of aromatic carboxylic acids is 1. The van der Waals surface area contributed by atoms with Crippen LogP contribution in [0.15, 0.2) is 18.3 Å². The van der Waals surface area contributed by atoms with Crippen LogP contribution in [0.3, 0.4) is 0 Å². The lowest BCUT2D eigenvalue weighted by atomic mass is 9.85. The van der Waals surface area contributed by atoms with Crippen LogP contribution in [0.5, 0.6) is 5.88 Å². The van der Waals surface area contributed by atoms with Crippen LogP contribution in [-0.4, -0.2) is 43.7 Å². The molecule has 32 heavy (non-hydrogen) atoms. The highest BCUT2D eigenvalue weighted by Crippen LogP contribution is 2.30. The first-order valence-corrected chi connectivity index (χ1v) is 11.0. The number of pyridine rings is 1. The van der Waals surface area contributed by atoms with Crippen molar-refractivity contribution in [2.45, 2.75) is 78.4 Å². The molecule has 2 aromatic heterocycles. The minimum Gasteiger partial charge on any atom is -0.476 e. The Balaban J connectivity index is 1.57. The second-order valence-electron chi connectivity index (χ2n) is 9.33. The normalized spacial score (nSPS) is 18.8. The van der Waals surface area contributed by atoms with Crippen LogP contribution in [0, 0.1) is 19.8 Å². The van der Waals surface area contributed by atoms with Crippen LogP contribution in [0.1, 0.15) is 74.8 Å². The molecule has 0 unspecified atom stereocenters. The summed E-state index contributed by atoms with van der Waals surface area (Å²) in [5.41, 5.74) is 1.70. The fourth-order valence-electron chi connectivity index (χ4n) is 3.94. The highest BCUT2D eigenvalue weighted by atomic mass is 16.6. The number of ether oxygens (including phenoxy) is 2. The summed E-state index contributed by atoms with van der Waals surface area (Å²) < 4.78 is 11.5. The number of rotatable bonds is 6. The minimum atomic E-state index is -1.11. The van der Waals surface area contributed by atoms with Gasteiger partial charge in [-0.2, -0.15) is 0 Å². The van der Waals surface area contributed by atoms with Gasteiger partial charge >= 0.3 is 11.9 Å². The number of carboxylic acid groups (broad SMARTS) is 1. The summed E-state index contributed by atoms with van der Waals surface area (Å²) in [4.78, 5) is 36.4. The van der Waals surface area contributed by atoms with E-state index in [2.05, 4.69) is 15.0 Å². The van der Waals surface area contributed by atoms with E-state index in [-0.39, 0.29) is 17.8 Å². The Morgan fingerprint density at radius 2 is 1.75 bits per heavy atom. The predicted molar refractivity (Wildman–Crippen MR) is 119 cm³/mol. The molecular formula is C24H31N3O5. The molecule has 8 heteroatoms. The predicted octanol–water partition coefficient (Wildman–Crippen LogP) is 4.52. The van der Waals surface area contributed by atoms with Gasteiger partial charge in [0.05, 0.1) is 17.1 Å². The van der Waals surface area contributed by atoms with Crippen LogP contribution in [0.4, 0.5) is 0 Å². The third-order valence-corrected chi connectivity index (χ3v) is 5.41. The Hall–Kier alpha value is -3.03. The monoisotopic (exact) mass is 441 g/mol. The van der Waals surface area contributed by atoms with Crippen molar-refractivity contribution in [3.8, 4) is 17.1 Å². The molecule has 2 heterocycles. The lowest BCUT2D eigenvalue weighted by molar-refractivity contribution is -0.156. The van der Waals surface area contributed by atoms with Gasteiger partial charge in [0.15, 0.2) is 5.69 Å². The van der Waals surface area contributed by atoms with Crippen molar-refractivity contribution in [3.63, 3.8) is 0 Å². The maximum Gasteiger partial charge on any atom is 0.356 e. The number of carbonyl (C=O) groups is 2. The molecular weight excluding hydrogens is 410 g/mol. The standard InChI is InChI=1S/C24H31N3O5/c1-14-21(27-22(23(29)30)15(2)26-14)17-8-11-19(25-13-17)31-18-9-6-16(7-10-18)12-20(28)32-24(3,4)5/h8,11,13,16,18H,6-7,9-10,12H2,1-5H3,(H,29,30)/t16-,18+. The molecule has 1 aliphatic carbocycles. The number of esters is 1. The third kappa shape index (κ3) is 6.24. The molecule has 0 saturated heterocycles. The van der Waals surface area contributed by atoms with Gasteiger partial charge < -0.3 is 14.6 Å². The second-order valence-corrected chi connectivity index (χ2v) is 9.33. The van der Waals surface area contributed by atoms with E-state index in [0.29, 0.717) is 40.9 Å². The van der Waals surface area contributed by atoms with Crippen molar-refractivity contribution >= 4 is 11.9 Å². The molecule has 0 bridgehead atoms. The fourth-order valence-corrected chi connectivity index (χ4v) is 3.94. The summed E-state index contributed by atoms with van der Waals surface area (Å²) in [5, 5.41) is 9.31. The summed E-state index contributed by atoms with van der Waals surface area (Å²) >= 11 is 0. The Bertz CT molecular complexity index is 974. The first-order chi connectivity index (χ1) is 15.0. The molecule has 0 amide bonds. The number of nitrogens with zero attached hydrogens (tertiary/aromatic N) is 3. The maximum atomic E-state index is 12.0. The smallest absolute Gasteiger partial charge is 0.356 e. The van der Waals surface area contributed by atoms with Crippen LogP contribution >= 0.6 is 0 Å². The van der Waals surface area contributed by atoms with Crippen molar-refractivity contribution in [2.24, 2.45) is 5.92 Å². The molecule has 1 saturated carbocycles. The topological polar surface area (TPSA) is 112 Å². The van der Waals surface area contributed by atoms with Crippen molar-refractivity contribution in [1.82, 2.24) is 15.0 Å². The lowest BCUT2D eigenvalue weighted by Gasteiger charge is -2.29. The molecule has 3 rings (SSSR count). The van der Waals surface area contributed by atoms with Crippen LogP contribution in [-0.2, 0) is 9.53 Å². The number of hydrogen-bond donors (Lipinski definition) is 1. The number of hydrogen-bond acceptors (Lipinski definition) is 7. The highest BCUT2D eigenvalue weighted by molar-refractivity contribution is 5.87. The third-order valence-electron chi connectivity index (χ3n) is 5.41. The van der Waals surface area contributed by atoms with E-state index in [9.17, 15) is 14.7 Å². The van der Waals surface area contributed by atoms with Crippen LogP contribution in [0.2, 0.25) is 0 Å². The summed E-state index contributed by atoms with van der Waals surface area (Å²) in [7, 11) is 0. The van der Waals surface area contributed by atoms with Crippen molar-refractivity contribution in [3.05, 3.63) is 35.4 Å². The van der Waals surface area contributed by atoms with Gasteiger partial charge in [-0.1, -0.05) is 0 Å². The first-order valence-electron chi connectivity index (χ1n) is 11.0. The van der Waals surface area contributed by atoms with E-state index in [1.807, 2.05) is 26.8 Å². The highest BCUT2D eigenvalue weighted by Gasteiger charge is 2.26. The zero-order chi connectivity index (χ0) is 23.5. The lowest BCUT2D eigenvalue weighted by Crippen LogP contribution is -2.28. The van der Waals surface area contributed by atoms with Gasteiger partial charge in [-0.25, -0.2) is 14.8 Å². The molecule has 0 radical (unpaired) electrons. The van der Waals surface area contributed by atoms with Gasteiger partial charge in [-0.15, -0.1) is 0 Å². The van der Waals surface area contributed by atoms with Gasteiger partial charge in [0.2, 0.25) is 5.88 Å². The molecule has 1 fully saturated rings. The van der Waals surface area contributed by atoms with Gasteiger partial charge in [-0.3, -0.25) is 9.78 Å². The zero-order valence-electron chi connectivity index (χ0n) is 19.3. The summed E-state index contributed by atoms with van der Waals surface area (Å²) in [6.45, 7) is 9.06. The Morgan fingerprint density at radius 1 is 1.06 bits per heavy atom. The fraction of sp³-hybridized carbons (Fsp3) is 0.542. The number of aryl methyl sites for hydroxylation is 2. The number of aromatic nitrogens is 3. The van der Waals surface area contributed by atoms with Gasteiger partial charge in [0, 0.05) is 24.2 Å². The Labute approximate surface area is 188 Å². The van der Waals surface area contributed by atoms with Gasteiger partial charge in [0.1, 0.15) is 11.7 Å². The SMILES string of the molecule is Cc1nc(C)c(-c2ccc(O[C@H]3CC[C@@H](CC(=O)OC(C)(C)C)CC3)nc2)nc1C(=O)O. The average Bonchev–Trinajstić information content (AvgIpc) is 2.68. The minimum absolute atomic E-state index is 0.0581. The van der Waals surface area contributed by atoms with Crippen LogP contribution in [0.25, 0.3) is 11.3 Å². The van der Waals surface area contributed by atoms with Crippen molar-refractivity contribution < 1.29 is 24.2 Å². The van der Waals surface area contributed by atoms with E-state index >= 15 is 0 Å². The van der Waals surface area contributed by atoms with Gasteiger partial charge in [0.25, 0.3) is 0 Å². The van der Waals surface area contributed by atoms with E-state index in [1.165, 1.54) is 0 Å². The molecule has 0 aliphatic heterocycles.